The second kappa shape index (κ2) is 3.69. The highest BCUT2D eigenvalue weighted by Gasteiger charge is 2.15. The maximum absolute atomic E-state index is 4.94. The van der Waals surface area contributed by atoms with Crippen LogP contribution in [0.2, 0.25) is 0 Å². The first-order valence-electron chi connectivity index (χ1n) is 2.77. The summed E-state index contributed by atoms with van der Waals surface area (Å²) in [5, 5.41) is 0.194. The fourth-order valence-electron chi connectivity index (χ4n) is 0.611. The summed E-state index contributed by atoms with van der Waals surface area (Å²) in [7, 11) is 0. The van der Waals surface area contributed by atoms with Gasteiger partial charge in [-0.1, -0.05) is 12.1 Å². The minimum absolute atomic E-state index is 0.194. The molecule has 0 unspecified atom stereocenters. The Kier molecular flexibility index (Phi) is 2.84. The number of hydrogen-bond donors (Lipinski definition) is 0. The van der Waals surface area contributed by atoms with Crippen molar-refractivity contribution in [3.63, 3.8) is 0 Å². The zero-order valence-electron chi connectivity index (χ0n) is 5.18. The molecular weight excluding hydrogens is 171 g/mol. The largest absolute Gasteiger partial charge is 0.450 e. The summed E-state index contributed by atoms with van der Waals surface area (Å²) in [6.07, 6.45) is 0. The Morgan fingerprint density at radius 2 is 1.50 bits per heavy atom. The van der Waals surface area contributed by atoms with E-state index in [0.29, 0.717) is 0 Å². The van der Waals surface area contributed by atoms with Gasteiger partial charge in [0.05, 0.1) is 5.34 Å². The molecule has 0 bridgehead atoms. The highest BCUT2D eigenvalue weighted by Crippen LogP contribution is 2.43. The average Bonchev–Trinajstić information content (AvgIpc) is 2.66. The predicted molar refractivity (Wildman–Crippen MR) is 43.1 cm³/mol. The van der Waals surface area contributed by atoms with Crippen LogP contribution in [0.3, 0.4) is 0 Å². The van der Waals surface area contributed by atoms with Crippen LogP contribution < -0.4 is 4.74 Å². The molecule has 1 nitrogen and oxygen atoms in total. The molecule has 0 amide bonds. The Bertz CT molecular complexity index is 192. The molecule has 0 aromatic heterocycles. The maximum Gasteiger partial charge on any atom is 0.170 e. The number of benzene rings is 1. The summed E-state index contributed by atoms with van der Waals surface area (Å²) in [6, 6.07) is 7.84. The van der Waals surface area contributed by atoms with Crippen molar-refractivity contribution in [2.75, 3.05) is 5.34 Å². The zero-order valence-corrected chi connectivity index (χ0v) is 6.69. The fraction of sp³-hybridized carbons (Fsp3) is 0.143. The lowest BCUT2D eigenvalue weighted by Crippen LogP contribution is -1.37. The van der Waals surface area contributed by atoms with E-state index < -0.39 is 0 Å². The number of hydrogen-bond acceptors (Lipinski definition) is 1. The second-order valence-corrected chi connectivity index (χ2v) is 2.46. The number of alkyl halides is 2. The van der Waals surface area contributed by atoms with Gasteiger partial charge in [0.2, 0.25) is 0 Å². The van der Waals surface area contributed by atoms with Gasteiger partial charge in [0, 0.05) is 0 Å². The lowest BCUT2D eigenvalue weighted by molar-refractivity contribution is 0.650. The number of halogens is 2. The maximum atomic E-state index is 4.94. The molecule has 1 aliphatic rings. The Morgan fingerprint density at radius 1 is 1.10 bits per heavy atom. The molecule has 0 saturated heterocycles. The molecule has 2 rings (SSSR count). The molecule has 3 heteroatoms. The molecule has 0 N–H and O–H groups in total. The second-order valence-electron chi connectivity index (χ2n) is 1.65. The number of para-hydroxylation sites is 2. The summed E-state index contributed by atoms with van der Waals surface area (Å²) >= 11 is 9.53. The minimum atomic E-state index is 0.194. The van der Waals surface area contributed by atoms with E-state index in [-0.39, 0.29) is 5.34 Å². The molecule has 0 fully saturated rings. The van der Waals surface area contributed by atoms with E-state index >= 15 is 0 Å². The van der Waals surface area contributed by atoms with E-state index in [1.54, 1.807) is 0 Å². The lowest BCUT2D eigenvalue weighted by Gasteiger charge is -1.61. The third-order valence-electron chi connectivity index (χ3n) is 1.03. The minimum Gasteiger partial charge on any atom is -0.450 e. The Hall–Kier alpha value is -0.400. The normalized spacial score (nSPS) is 10.2. The van der Waals surface area contributed by atoms with Crippen molar-refractivity contribution in [3.05, 3.63) is 24.3 Å². The molecule has 54 valence electrons. The molecule has 0 radical (unpaired) electrons. The summed E-state index contributed by atoms with van der Waals surface area (Å²) < 4.78 is 4.94. The fourth-order valence-corrected chi connectivity index (χ4v) is 0.611. The summed E-state index contributed by atoms with van der Waals surface area (Å²) in [4.78, 5) is 0. The summed E-state index contributed by atoms with van der Waals surface area (Å²) in [6.45, 7) is 0. The van der Waals surface area contributed by atoms with Crippen LogP contribution in [0.5, 0.6) is 11.5 Å². The monoisotopic (exact) mass is 176 g/mol. The number of ether oxygens (including phenoxy) is 1. The quantitative estimate of drug-likeness (QED) is 0.444. The summed E-state index contributed by atoms with van der Waals surface area (Å²) in [5.74, 6) is 2.06. The third-order valence-corrected chi connectivity index (χ3v) is 1.03. The van der Waals surface area contributed by atoms with Gasteiger partial charge < -0.3 is 4.74 Å². The van der Waals surface area contributed by atoms with Crippen LogP contribution >= 0.6 is 23.2 Å². The standard InChI is InChI=1S/C6H4O.CH2Cl2/c1-2-4-6-5(3-1)7-6;2-1-3/h1-4H;1H2. The van der Waals surface area contributed by atoms with E-state index in [4.69, 9.17) is 27.9 Å². The Labute approximate surface area is 69.5 Å². The Morgan fingerprint density at radius 3 is 1.80 bits per heavy atom. The highest BCUT2D eigenvalue weighted by atomic mass is 35.5. The van der Waals surface area contributed by atoms with Crippen LogP contribution in [0.15, 0.2) is 24.3 Å². The smallest absolute Gasteiger partial charge is 0.170 e. The predicted octanol–water partition coefficient (Wildman–Crippen LogP) is 3.21. The SMILES string of the molecule is ClCCl.c1ccc2c(c1)O2. The van der Waals surface area contributed by atoms with Gasteiger partial charge in [-0.15, -0.1) is 23.2 Å². The van der Waals surface area contributed by atoms with E-state index in [2.05, 4.69) is 0 Å². The van der Waals surface area contributed by atoms with Gasteiger partial charge in [0.15, 0.2) is 11.5 Å². The van der Waals surface area contributed by atoms with E-state index in [9.17, 15) is 0 Å². The Balaban J connectivity index is 0.000000148. The molecule has 10 heavy (non-hydrogen) atoms. The van der Waals surface area contributed by atoms with Crippen LogP contribution in [0, 0.1) is 0 Å². The average molecular weight is 177 g/mol. The van der Waals surface area contributed by atoms with Gasteiger partial charge in [-0.2, -0.15) is 0 Å². The first-order chi connectivity index (χ1) is 4.88. The first-order valence-corrected chi connectivity index (χ1v) is 3.84. The van der Waals surface area contributed by atoms with Crippen molar-refractivity contribution in [3.8, 4) is 11.5 Å². The van der Waals surface area contributed by atoms with Crippen molar-refractivity contribution in [2.45, 2.75) is 0 Å². The van der Waals surface area contributed by atoms with Crippen LogP contribution in [-0.4, -0.2) is 5.34 Å². The van der Waals surface area contributed by atoms with Crippen molar-refractivity contribution < 1.29 is 4.74 Å². The van der Waals surface area contributed by atoms with Crippen LogP contribution in [0.1, 0.15) is 0 Å². The van der Waals surface area contributed by atoms with Gasteiger partial charge >= 0.3 is 0 Å². The van der Waals surface area contributed by atoms with E-state index in [1.165, 1.54) is 0 Å². The van der Waals surface area contributed by atoms with Gasteiger partial charge in [-0.3, -0.25) is 0 Å². The van der Waals surface area contributed by atoms with Crippen LogP contribution in [0.4, 0.5) is 0 Å². The molecule has 1 heterocycles. The number of rotatable bonds is 0. The summed E-state index contributed by atoms with van der Waals surface area (Å²) in [5.41, 5.74) is 0. The van der Waals surface area contributed by atoms with Gasteiger partial charge in [-0.25, -0.2) is 0 Å². The third kappa shape index (κ3) is 2.09. The molecule has 0 saturated carbocycles. The highest BCUT2D eigenvalue weighted by molar-refractivity contribution is 6.40. The zero-order chi connectivity index (χ0) is 7.40. The van der Waals surface area contributed by atoms with Crippen molar-refractivity contribution in [2.24, 2.45) is 0 Å². The first kappa shape index (κ1) is 7.70. The van der Waals surface area contributed by atoms with Crippen LogP contribution in [-0.2, 0) is 0 Å². The molecule has 0 atom stereocenters. The van der Waals surface area contributed by atoms with E-state index in [1.807, 2.05) is 24.3 Å². The molecule has 1 aromatic carbocycles. The molecular formula is C7H6Cl2O. The lowest BCUT2D eigenvalue weighted by atomic mass is 10.4. The molecule has 1 aliphatic heterocycles. The molecule has 0 aliphatic carbocycles. The molecule has 1 aromatic rings. The topological polar surface area (TPSA) is 12.5 Å². The van der Waals surface area contributed by atoms with Crippen molar-refractivity contribution >= 4 is 23.2 Å². The van der Waals surface area contributed by atoms with Gasteiger partial charge in [-0.05, 0) is 12.1 Å². The van der Waals surface area contributed by atoms with Crippen molar-refractivity contribution in [1.82, 2.24) is 0 Å². The number of fused-ring (bicyclic) bond motifs is 1. The van der Waals surface area contributed by atoms with Crippen LogP contribution in [0.25, 0.3) is 0 Å². The van der Waals surface area contributed by atoms with Gasteiger partial charge in [0.1, 0.15) is 0 Å². The van der Waals surface area contributed by atoms with E-state index in [0.717, 1.165) is 11.5 Å². The molecule has 0 spiro atoms. The van der Waals surface area contributed by atoms with Gasteiger partial charge in [0.25, 0.3) is 0 Å². The van der Waals surface area contributed by atoms with Crippen molar-refractivity contribution in [1.29, 1.82) is 0 Å².